The molecule has 27 heavy (non-hydrogen) atoms. The van der Waals surface area contributed by atoms with Crippen molar-refractivity contribution in [3.63, 3.8) is 0 Å². The minimum atomic E-state index is -0.218. The number of aromatic nitrogens is 2. The van der Waals surface area contributed by atoms with E-state index in [9.17, 15) is 9.59 Å². The second-order valence-corrected chi connectivity index (χ2v) is 7.32. The number of aryl methyl sites for hydroxylation is 1. The number of hydrogen-bond donors (Lipinski definition) is 1. The Labute approximate surface area is 162 Å². The second-order valence-electron chi connectivity index (χ2n) is 6.35. The van der Waals surface area contributed by atoms with Crippen LogP contribution in [-0.2, 0) is 11.2 Å². The van der Waals surface area contributed by atoms with Crippen molar-refractivity contribution in [3.05, 3.63) is 46.4 Å². The van der Waals surface area contributed by atoms with Crippen molar-refractivity contribution >= 4 is 17.7 Å². The first-order valence-corrected chi connectivity index (χ1v) is 9.89. The summed E-state index contributed by atoms with van der Waals surface area (Å²) in [5, 5.41) is 0.471. The van der Waals surface area contributed by atoms with Crippen molar-refractivity contribution in [1.82, 2.24) is 14.9 Å². The first kappa shape index (κ1) is 19.3. The van der Waals surface area contributed by atoms with Crippen LogP contribution in [0.4, 0.5) is 0 Å². The molecule has 1 aliphatic heterocycles. The topological polar surface area (TPSA) is 84.5 Å². The monoisotopic (exact) mass is 389 g/mol. The molecule has 1 aliphatic rings. The predicted molar refractivity (Wildman–Crippen MR) is 104 cm³/mol. The van der Waals surface area contributed by atoms with Gasteiger partial charge in [-0.15, -0.1) is 0 Å². The van der Waals surface area contributed by atoms with Crippen molar-refractivity contribution in [2.24, 2.45) is 0 Å². The number of para-hydroxylation sites is 2. The molecule has 0 saturated heterocycles. The van der Waals surface area contributed by atoms with E-state index in [1.54, 1.807) is 11.9 Å². The molecule has 0 radical (unpaired) electrons. The van der Waals surface area contributed by atoms with Crippen molar-refractivity contribution < 1.29 is 14.3 Å². The summed E-state index contributed by atoms with van der Waals surface area (Å²) in [6, 6.07) is 8.99. The van der Waals surface area contributed by atoms with Gasteiger partial charge in [0.15, 0.2) is 22.8 Å². The number of carbonyl (C=O) groups is 1. The van der Waals surface area contributed by atoms with Crippen LogP contribution in [0.15, 0.2) is 40.3 Å². The maximum Gasteiger partial charge on any atom is 0.251 e. The number of carbonyl (C=O) groups excluding carboxylic acids is 1. The van der Waals surface area contributed by atoms with Crippen LogP contribution in [0.25, 0.3) is 0 Å². The van der Waals surface area contributed by atoms with Crippen LogP contribution < -0.4 is 15.0 Å². The number of aromatic amines is 1. The van der Waals surface area contributed by atoms with Gasteiger partial charge in [-0.3, -0.25) is 9.59 Å². The Hall–Kier alpha value is -2.48. The number of fused-ring (bicyclic) bond motifs is 1. The van der Waals surface area contributed by atoms with E-state index in [2.05, 4.69) is 9.97 Å². The van der Waals surface area contributed by atoms with Gasteiger partial charge in [0.25, 0.3) is 5.56 Å². The third-order valence-electron chi connectivity index (χ3n) is 4.08. The molecule has 8 heteroatoms. The molecule has 144 valence electrons. The molecular weight excluding hydrogens is 366 g/mol. The highest BCUT2D eigenvalue weighted by Crippen LogP contribution is 2.31. The first-order chi connectivity index (χ1) is 13.0. The number of ether oxygens (including phenoxy) is 2. The molecular formula is C19H23N3O4S. The minimum absolute atomic E-state index is 0.0639. The zero-order valence-electron chi connectivity index (χ0n) is 15.4. The quantitative estimate of drug-likeness (QED) is 0.577. The van der Waals surface area contributed by atoms with E-state index in [1.165, 1.54) is 17.8 Å². The largest absolute Gasteiger partial charge is 0.486 e. The third kappa shape index (κ3) is 5.26. The molecule has 1 aromatic carbocycles. The lowest BCUT2D eigenvalue weighted by molar-refractivity contribution is -0.128. The number of amides is 1. The highest BCUT2D eigenvalue weighted by Gasteiger charge is 2.23. The van der Waals surface area contributed by atoms with Crippen LogP contribution in [-0.4, -0.2) is 52.8 Å². The van der Waals surface area contributed by atoms with Crippen LogP contribution >= 0.6 is 11.8 Å². The van der Waals surface area contributed by atoms with Gasteiger partial charge in [-0.05, 0) is 18.6 Å². The predicted octanol–water partition coefficient (Wildman–Crippen LogP) is 2.11. The van der Waals surface area contributed by atoms with Crippen molar-refractivity contribution in [1.29, 1.82) is 0 Å². The summed E-state index contributed by atoms with van der Waals surface area (Å²) >= 11 is 1.23. The fraction of sp³-hybridized carbons (Fsp3) is 0.421. The van der Waals surface area contributed by atoms with Crippen molar-refractivity contribution in [3.8, 4) is 11.5 Å². The molecule has 3 rings (SSSR count). The standard InChI is InChI=1S/C19H23N3O4S/c1-3-6-13-9-17(23)21-19(20-13)27-12-18(24)22(2)10-14-11-25-15-7-4-5-8-16(15)26-14/h4-5,7-9,14H,3,6,10-12H2,1-2H3,(H,20,21,23)/t14-/m1/s1. The number of benzene rings is 1. The minimum Gasteiger partial charge on any atom is -0.486 e. The van der Waals surface area contributed by atoms with E-state index < -0.39 is 0 Å². The highest BCUT2D eigenvalue weighted by atomic mass is 32.2. The summed E-state index contributed by atoms with van der Waals surface area (Å²) in [6.45, 7) is 2.85. The van der Waals surface area contributed by atoms with Crippen LogP contribution in [0.5, 0.6) is 11.5 Å². The normalized spacial score (nSPS) is 15.4. The number of hydrogen-bond acceptors (Lipinski definition) is 6. The van der Waals surface area contributed by atoms with E-state index in [0.717, 1.165) is 24.3 Å². The Kier molecular flexibility index (Phi) is 6.39. The molecule has 0 fully saturated rings. The molecule has 1 N–H and O–H groups in total. The maximum atomic E-state index is 12.4. The molecule has 0 saturated carbocycles. The van der Waals surface area contributed by atoms with Gasteiger partial charge >= 0.3 is 0 Å². The number of H-pyrrole nitrogens is 1. The van der Waals surface area contributed by atoms with E-state index in [-0.39, 0.29) is 23.3 Å². The number of rotatable bonds is 7. The van der Waals surface area contributed by atoms with Gasteiger partial charge in [0.05, 0.1) is 12.3 Å². The lowest BCUT2D eigenvalue weighted by Gasteiger charge is -2.29. The van der Waals surface area contributed by atoms with E-state index in [4.69, 9.17) is 9.47 Å². The number of nitrogens with zero attached hydrogens (tertiary/aromatic N) is 2. The Morgan fingerprint density at radius 1 is 1.37 bits per heavy atom. The fourth-order valence-corrected chi connectivity index (χ4v) is 3.57. The summed E-state index contributed by atoms with van der Waals surface area (Å²) in [5.74, 6) is 1.55. The lowest BCUT2D eigenvalue weighted by atomic mass is 10.2. The Bertz CT molecular complexity index is 855. The van der Waals surface area contributed by atoms with E-state index >= 15 is 0 Å². The average molecular weight is 389 g/mol. The zero-order valence-corrected chi connectivity index (χ0v) is 16.3. The van der Waals surface area contributed by atoms with Gasteiger partial charge in [-0.25, -0.2) is 4.98 Å². The molecule has 0 unspecified atom stereocenters. The summed E-state index contributed by atoms with van der Waals surface area (Å²) in [6.07, 6.45) is 1.44. The van der Waals surface area contributed by atoms with Crippen LogP contribution in [0.3, 0.4) is 0 Å². The zero-order chi connectivity index (χ0) is 19.2. The Balaban J connectivity index is 1.52. The van der Waals surface area contributed by atoms with Gasteiger partial charge < -0.3 is 19.4 Å². The van der Waals surface area contributed by atoms with Gasteiger partial charge in [0, 0.05) is 18.8 Å². The second kappa shape index (κ2) is 8.94. The fourth-order valence-electron chi connectivity index (χ4n) is 2.74. The smallest absolute Gasteiger partial charge is 0.251 e. The molecule has 2 aromatic rings. The molecule has 1 aromatic heterocycles. The molecule has 2 heterocycles. The number of nitrogens with one attached hydrogen (secondary N) is 1. The number of thioether (sulfide) groups is 1. The van der Waals surface area contributed by atoms with Gasteiger partial charge in [-0.2, -0.15) is 0 Å². The molecule has 1 atom stereocenters. The summed E-state index contributed by atoms with van der Waals surface area (Å²) in [4.78, 5) is 32.8. The molecule has 0 aliphatic carbocycles. The molecule has 0 bridgehead atoms. The summed E-state index contributed by atoms with van der Waals surface area (Å²) in [5.41, 5.74) is 0.555. The van der Waals surface area contributed by atoms with Crippen molar-refractivity contribution in [2.75, 3.05) is 26.0 Å². The molecule has 1 amide bonds. The van der Waals surface area contributed by atoms with Crippen molar-refractivity contribution in [2.45, 2.75) is 31.0 Å². The van der Waals surface area contributed by atoms with E-state index in [1.807, 2.05) is 31.2 Å². The van der Waals surface area contributed by atoms with Crippen LogP contribution in [0.2, 0.25) is 0 Å². The van der Waals surface area contributed by atoms with Gasteiger partial charge in [0.2, 0.25) is 5.91 Å². The SMILES string of the molecule is CCCc1cc(=O)[nH]c(SCC(=O)N(C)C[C@@H]2COc3ccccc3O2)n1. The summed E-state index contributed by atoms with van der Waals surface area (Å²) < 4.78 is 11.6. The van der Waals surface area contributed by atoms with Gasteiger partial charge in [0.1, 0.15) is 6.61 Å². The maximum absolute atomic E-state index is 12.4. The first-order valence-electron chi connectivity index (χ1n) is 8.90. The molecule has 0 spiro atoms. The Morgan fingerprint density at radius 2 is 2.15 bits per heavy atom. The van der Waals surface area contributed by atoms with Gasteiger partial charge in [-0.1, -0.05) is 37.2 Å². The third-order valence-corrected chi connectivity index (χ3v) is 4.94. The Morgan fingerprint density at radius 3 is 2.93 bits per heavy atom. The van der Waals surface area contributed by atoms with E-state index in [0.29, 0.717) is 24.1 Å². The summed E-state index contributed by atoms with van der Waals surface area (Å²) in [7, 11) is 1.73. The molecule has 7 nitrogen and oxygen atoms in total. The highest BCUT2D eigenvalue weighted by molar-refractivity contribution is 7.99. The van der Waals surface area contributed by atoms with Crippen LogP contribution in [0, 0.1) is 0 Å². The number of likely N-dealkylation sites (N-methyl/N-ethyl adjacent to an activating group) is 1. The lowest BCUT2D eigenvalue weighted by Crippen LogP contribution is -2.42. The average Bonchev–Trinajstić information content (AvgIpc) is 2.66. The van der Waals surface area contributed by atoms with Crippen LogP contribution in [0.1, 0.15) is 19.0 Å².